The number of anilines is 1. The standard InChI is InChI=1S/C22H22N4O5/c27-19-13-25-12-16-17(23-22(25)24-19)8-4-9-18(16)31-11-5-10-20(28)26(14-21(29)30)15-6-2-1-3-7-15/h1-4,6-9H,5,10-14H2,(H,29,30)(H,23,24,27). The van der Waals surface area contributed by atoms with Crippen LogP contribution in [0.5, 0.6) is 5.75 Å². The van der Waals surface area contributed by atoms with Gasteiger partial charge in [0, 0.05) is 17.7 Å². The van der Waals surface area contributed by atoms with E-state index in [9.17, 15) is 14.4 Å². The Morgan fingerprint density at radius 1 is 1.13 bits per heavy atom. The molecule has 2 aliphatic heterocycles. The minimum Gasteiger partial charge on any atom is -0.493 e. The van der Waals surface area contributed by atoms with Crippen molar-refractivity contribution in [2.75, 3.05) is 24.6 Å². The summed E-state index contributed by atoms with van der Waals surface area (Å²) in [5.74, 6) is -0.212. The van der Waals surface area contributed by atoms with E-state index in [1.165, 1.54) is 4.90 Å². The van der Waals surface area contributed by atoms with E-state index in [4.69, 9.17) is 9.84 Å². The van der Waals surface area contributed by atoms with Crippen LogP contribution in [0.4, 0.5) is 11.4 Å². The van der Waals surface area contributed by atoms with E-state index in [2.05, 4.69) is 10.3 Å². The van der Waals surface area contributed by atoms with Crippen LogP contribution >= 0.6 is 0 Å². The number of ether oxygens (including phenoxy) is 1. The molecule has 9 nitrogen and oxygen atoms in total. The number of aliphatic imine (C=N–C) groups is 1. The van der Waals surface area contributed by atoms with E-state index in [1.807, 2.05) is 29.2 Å². The number of hydrogen-bond donors (Lipinski definition) is 2. The van der Waals surface area contributed by atoms with Gasteiger partial charge in [0.25, 0.3) is 0 Å². The Bertz CT molecular complexity index is 1040. The molecule has 0 saturated carbocycles. The normalized spacial score (nSPS) is 14.3. The van der Waals surface area contributed by atoms with Gasteiger partial charge in [-0.25, -0.2) is 4.99 Å². The SMILES string of the molecule is O=C(O)CN(C(=O)CCCOc1cccc2c1CN1CC(=O)NC1=N2)c1ccccc1. The van der Waals surface area contributed by atoms with E-state index in [0.29, 0.717) is 37.0 Å². The number of aliphatic carboxylic acids is 1. The summed E-state index contributed by atoms with van der Waals surface area (Å²) in [6.07, 6.45) is 0.591. The van der Waals surface area contributed by atoms with Crippen LogP contribution in [0.3, 0.4) is 0 Å². The Morgan fingerprint density at radius 3 is 2.71 bits per heavy atom. The van der Waals surface area contributed by atoms with Crippen molar-refractivity contribution in [2.45, 2.75) is 19.4 Å². The van der Waals surface area contributed by atoms with Crippen molar-refractivity contribution in [1.29, 1.82) is 0 Å². The number of guanidine groups is 1. The smallest absolute Gasteiger partial charge is 0.323 e. The van der Waals surface area contributed by atoms with Crippen LogP contribution in [0.2, 0.25) is 0 Å². The molecule has 9 heteroatoms. The fourth-order valence-electron chi connectivity index (χ4n) is 3.59. The summed E-state index contributed by atoms with van der Waals surface area (Å²) in [4.78, 5) is 43.0. The van der Waals surface area contributed by atoms with Crippen LogP contribution in [0, 0.1) is 0 Å². The lowest BCUT2D eigenvalue weighted by molar-refractivity contribution is -0.136. The van der Waals surface area contributed by atoms with E-state index in [1.54, 1.807) is 24.3 Å². The summed E-state index contributed by atoms with van der Waals surface area (Å²) in [6.45, 7) is 0.687. The number of carbonyl (C=O) groups excluding carboxylic acids is 2. The second-order valence-electron chi connectivity index (χ2n) is 7.25. The second kappa shape index (κ2) is 8.86. The number of carboxylic acids is 1. The molecule has 0 atom stereocenters. The van der Waals surface area contributed by atoms with Crippen molar-refractivity contribution in [3.05, 3.63) is 54.1 Å². The number of benzene rings is 2. The zero-order chi connectivity index (χ0) is 21.8. The molecule has 0 spiro atoms. The van der Waals surface area contributed by atoms with Crippen LogP contribution in [0.15, 0.2) is 53.5 Å². The van der Waals surface area contributed by atoms with Crippen molar-refractivity contribution in [1.82, 2.24) is 10.2 Å². The highest BCUT2D eigenvalue weighted by Gasteiger charge is 2.30. The molecule has 2 N–H and O–H groups in total. The van der Waals surface area contributed by atoms with Crippen LogP contribution in [0.25, 0.3) is 0 Å². The quantitative estimate of drug-likeness (QED) is 0.629. The average Bonchev–Trinajstić information content (AvgIpc) is 3.12. The van der Waals surface area contributed by atoms with E-state index in [-0.39, 0.29) is 24.8 Å². The first-order chi connectivity index (χ1) is 15.0. The first kappa shape index (κ1) is 20.4. The third kappa shape index (κ3) is 4.66. The molecule has 2 aromatic rings. The lowest BCUT2D eigenvalue weighted by atomic mass is 10.1. The molecule has 0 bridgehead atoms. The molecule has 2 heterocycles. The van der Waals surface area contributed by atoms with Crippen molar-refractivity contribution < 1.29 is 24.2 Å². The Kier molecular flexibility index (Phi) is 5.83. The average molecular weight is 422 g/mol. The number of amides is 2. The van der Waals surface area contributed by atoms with Crippen LogP contribution < -0.4 is 15.0 Å². The third-order valence-corrected chi connectivity index (χ3v) is 5.02. The number of rotatable bonds is 8. The summed E-state index contributed by atoms with van der Waals surface area (Å²) >= 11 is 0. The first-order valence-electron chi connectivity index (χ1n) is 9.96. The van der Waals surface area contributed by atoms with E-state index < -0.39 is 12.5 Å². The molecule has 31 heavy (non-hydrogen) atoms. The van der Waals surface area contributed by atoms with Crippen LogP contribution in [-0.2, 0) is 20.9 Å². The summed E-state index contributed by atoms with van der Waals surface area (Å²) in [5, 5.41) is 11.9. The number of carbonyl (C=O) groups is 3. The molecule has 2 aliphatic rings. The highest BCUT2D eigenvalue weighted by Crippen LogP contribution is 2.34. The molecule has 0 unspecified atom stereocenters. The number of nitrogens with one attached hydrogen (secondary N) is 1. The fourth-order valence-corrected chi connectivity index (χ4v) is 3.59. The van der Waals surface area contributed by atoms with E-state index in [0.717, 1.165) is 11.3 Å². The summed E-state index contributed by atoms with van der Waals surface area (Å²) in [5.41, 5.74) is 2.19. The Labute approximate surface area is 178 Å². The fraction of sp³-hybridized carbons (Fsp3) is 0.273. The van der Waals surface area contributed by atoms with E-state index >= 15 is 0 Å². The van der Waals surface area contributed by atoms with Gasteiger partial charge in [-0.2, -0.15) is 0 Å². The number of hydrogen-bond acceptors (Lipinski definition) is 6. The Morgan fingerprint density at radius 2 is 1.94 bits per heavy atom. The molecule has 1 saturated heterocycles. The van der Waals surface area contributed by atoms with Gasteiger partial charge in [-0.1, -0.05) is 24.3 Å². The maximum absolute atomic E-state index is 12.6. The summed E-state index contributed by atoms with van der Waals surface area (Å²) < 4.78 is 5.91. The molecule has 0 aromatic heterocycles. The zero-order valence-electron chi connectivity index (χ0n) is 16.8. The van der Waals surface area contributed by atoms with Crippen molar-refractivity contribution >= 4 is 35.1 Å². The highest BCUT2D eigenvalue weighted by molar-refractivity contribution is 6.06. The lowest BCUT2D eigenvalue weighted by Gasteiger charge is -2.24. The zero-order valence-corrected chi connectivity index (χ0v) is 16.8. The molecule has 0 radical (unpaired) electrons. The Hall–Kier alpha value is -3.88. The molecular formula is C22H22N4O5. The van der Waals surface area contributed by atoms with Gasteiger partial charge in [-0.05, 0) is 30.7 Å². The maximum atomic E-state index is 12.6. The van der Waals surface area contributed by atoms with Crippen LogP contribution in [-0.4, -0.2) is 53.4 Å². The third-order valence-electron chi connectivity index (χ3n) is 5.02. The van der Waals surface area contributed by atoms with Gasteiger partial charge in [-0.15, -0.1) is 0 Å². The molecule has 0 aliphatic carbocycles. The maximum Gasteiger partial charge on any atom is 0.323 e. The molecule has 160 valence electrons. The molecule has 4 rings (SSSR count). The topological polar surface area (TPSA) is 112 Å². The minimum absolute atomic E-state index is 0.0862. The van der Waals surface area contributed by atoms with Gasteiger partial charge in [0.05, 0.1) is 18.8 Å². The van der Waals surface area contributed by atoms with Crippen molar-refractivity contribution in [3.8, 4) is 5.75 Å². The highest BCUT2D eigenvalue weighted by atomic mass is 16.5. The Balaban J connectivity index is 1.35. The molecule has 1 fully saturated rings. The van der Waals surface area contributed by atoms with Crippen molar-refractivity contribution in [3.63, 3.8) is 0 Å². The molecular weight excluding hydrogens is 400 g/mol. The van der Waals surface area contributed by atoms with Gasteiger partial charge in [-0.3, -0.25) is 19.7 Å². The predicted octanol–water partition coefficient (Wildman–Crippen LogP) is 1.90. The van der Waals surface area contributed by atoms with Gasteiger partial charge in [0.2, 0.25) is 17.8 Å². The molecule has 2 aromatic carbocycles. The summed E-state index contributed by atoms with van der Waals surface area (Å²) in [7, 11) is 0. The first-order valence-corrected chi connectivity index (χ1v) is 9.96. The minimum atomic E-state index is -1.07. The number of nitrogens with zero attached hydrogens (tertiary/aromatic N) is 3. The lowest BCUT2D eigenvalue weighted by Crippen LogP contribution is -2.35. The summed E-state index contributed by atoms with van der Waals surface area (Å²) in [6, 6.07) is 14.3. The number of fused-ring (bicyclic) bond motifs is 2. The monoisotopic (exact) mass is 422 g/mol. The van der Waals surface area contributed by atoms with Crippen molar-refractivity contribution in [2.24, 2.45) is 4.99 Å². The second-order valence-corrected chi connectivity index (χ2v) is 7.25. The van der Waals surface area contributed by atoms with Gasteiger partial charge in [0.1, 0.15) is 18.8 Å². The largest absolute Gasteiger partial charge is 0.493 e. The molecule has 2 amide bonds. The van der Waals surface area contributed by atoms with Gasteiger partial charge < -0.3 is 19.6 Å². The predicted molar refractivity (Wildman–Crippen MR) is 113 cm³/mol. The van der Waals surface area contributed by atoms with Gasteiger partial charge in [0.15, 0.2) is 0 Å². The number of carboxylic acid groups (broad SMARTS) is 1. The number of para-hydroxylation sites is 1. The van der Waals surface area contributed by atoms with Crippen LogP contribution in [0.1, 0.15) is 18.4 Å². The van der Waals surface area contributed by atoms with Gasteiger partial charge >= 0.3 is 5.97 Å².